The summed E-state index contributed by atoms with van der Waals surface area (Å²) in [6.07, 6.45) is 4.27. The summed E-state index contributed by atoms with van der Waals surface area (Å²) in [5.41, 5.74) is 0. The molecular formula is C8H12O. The van der Waals surface area contributed by atoms with Gasteiger partial charge in [-0.3, -0.25) is 0 Å². The van der Waals surface area contributed by atoms with E-state index in [1.165, 1.54) is 19.3 Å². The van der Waals surface area contributed by atoms with Crippen molar-refractivity contribution in [2.45, 2.75) is 25.4 Å². The number of hydrogen-bond donors (Lipinski definition) is 1. The van der Waals surface area contributed by atoms with Gasteiger partial charge in [-0.15, -0.1) is 0 Å². The number of rotatable bonds is 0. The van der Waals surface area contributed by atoms with Crippen molar-refractivity contribution in [1.82, 2.24) is 0 Å². The molecule has 0 heterocycles. The van der Waals surface area contributed by atoms with Gasteiger partial charge in [-0.05, 0) is 42.9 Å². The van der Waals surface area contributed by atoms with Gasteiger partial charge in [-0.2, -0.15) is 0 Å². The van der Waals surface area contributed by atoms with Crippen LogP contribution in [-0.4, -0.2) is 11.2 Å². The van der Waals surface area contributed by atoms with Crippen LogP contribution in [-0.2, 0) is 0 Å². The standard InChI is InChI=1S/C8H12O/c9-8-6-2-4-1-5(6)7(8)3-4/h4-9H,1-3H2. The summed E-state index contributed by atoms with van der Waals surface area (Å²) in [5.74, 6) is 3.47. The fourth-order valence-corrected chi connectivity index (χ4v) is 3.42. The van der Waals surface area contributed by atoms with E-state index in [0.29, 0.717) is 0 Å². The first-order valence-corrected chi connectivity index (χ1v) is 4.04. The Hall–Kier alpha value is -0.0400. The molecule has 50 valence electrons. The Morgan fingerprint density at radius 3 is 1.78 bits per heavy atom. The van der Waals surface area contributed by atoms with Gasteiger partial charge in [-0.1, -0.05) is 0 Å². The molecule has 1 N–H and O–H groups in total. The molecule has 3 fully saturated rings. The zero-order chi connectivity index (χ0) is 6.01. The Kier molecular flexibility index (Phi) is 0.628. The maximum atomic E-state index is 9.42. The van der Waals surface area contributed by atoms with Crippen LogP contribution in [0.2, 0.25) is 0 Å². The smallest absolute Gasteiger partial charge is 0.0602 e. The molecule has 3 saturated carbocycles. The van der Waals surface area contributed by atoms with Gasteiger partial charge in [0.25, 0.3) is 0 Å². The number of fused-ring (bicyclic) bond motifs is 1. The molecule has 2 bridgehead atoms. The van der Waals surface area contributed by atoms with E-state index in [-0.39, 0.29) is 6.10 Å². The minimum absolute atomic E-state index is 0.119. The van der Waals surface area contributed by atoms with E-state index in [2.05, 4.69) is 0 Å². The molecule has 1 heteroatoms. The van der Waals surface area contributed by atoms with E-state index in [1.54, 1.807) is 0 Å². The predicted molar refractivity (Wildman–Crippen MR) is 33.8 cm³/mol. The third-order valence-electron chi connectivity index (χ3n) is 3.79. The van der Waals surface area contributed by atoms with E-state index < -0.39 is 0 Å². The highest BCUT2D eigenvalue weighted by atomic mass is 16.3. The first kappa shape index (κ1) is 4.73. The van der Waals surface area contributed by atoms with Gasteiger partial charge in [0.2, 0.25) is 0 Å². The normalized spacial score (nSPS) is 68.3. The first-order chi connectivity index (χ1) is 4.36. The van der Waals surface area contributed by atoms with Crippen LogP contribution in [0.4, 0.5) is 0 Å². The summed E-state index contributed by atoms with van der Waals surface area (Å²) in [5, 5.41) is 9.42. The van der Waals surface area contributed by atoms with E-state index in [1.807, 2.05) is 0 Å². The van der Waals surface area contributed by atoms with Gasteiger partial charge < -0.3 is 5.11 Å². The first-order valence-electron chi connectivity index (χ1n) is 4.04. The van der Waals surface area contributed by atoms with Gasteiger partial charge >= 0.3 is 0 Å². The third-order valence-corrected chi connectivity index (χ3v) is 3.79. The van der Waals surface area contributed by atoms with Crippen molar-refractivity contribution >= 4 is 0 Å². The van der Waals surface area contributed by atoms with Crippen molar-refractivity contribution in [3.05, 3.63) is 0 Å². The average molecular weight is 124 g/mol. The molecular weight excluding hydrogens is 112 g/mol. The Bertz CT molecular complexity index is 141. The van der Waals surface area contributed by atoms with E-state index in [9.17, 15) is 5.11 Å². The quantitative estimate of drug-likeness (QED) is 0.511. The highest BCUT2D eigenvalue weighted by molar-refractivity contribution is 5.09. The van der Waals surface area contributed by atoms with Crippen molar-refractivity contribution in [3.63, 3.8) is 0 Å². The minimum atomic E-state index is 0.119. The second-order valence-corrected chi connectivity index (χ2v) is 4.06. The summed E-state index contributed by atoms with van der Waals surface area (Å²) < 4.78 is 0. The Balaban J connectivity index is 1.98. The largest absolute Gasteiger partial charge is 0.393 e. The minimum Gasteiger partial charge on any atom is -0.393 e. The van der Waals surface area contributed by atoms with Crippen molar-refractivity contribution in [3.8, 4) is 0 Å². The third kappa shape index (κ3) is 0.362. The summed E-state index contributed by atoms with van der Waals surface area (Å²) in [6.45, 7) is 0. The lowest BCUT2D eigenvalue weighted by atomic mass is 9.61. The molecule has 0 aromatic rings. The fraction of sp³-hybridized carbons (Fsp3) is 1.00. The summed E-state index contributed by atoms with van der Waals surface area (Å²) >= 11 is 0. The van der Waals surface area contributed by atoms with Crippen molar-refractivity contribution < 1.29 is 5.11 Å². The molecule has 0 saturated heterocycles. The van der Waals surface area contributed by atoms with Gasteiger partial charge in [0.05, 0.1) is 6.10 Å². The predicted octanol–water partition coefficient (Wildman–Crippen LogP) is 1.02. The summed E-state index contributed by atoms with van der Waals surface area (Å²) in [7, 11) is 0. The van der Waals surface area contributed by atoms with Gasteiger partial charge in [0, 0.05) is 0 Å². The monoisotopic (exact) mass is 124 g/mol. The Morgan fingerprint density at radius 1 is 0.889 bits per heavy atom. The van der Waals surface area contributed by atoms with Crippen LogP contribution in [0.5, 0.6) is 0 Å². The summed E-state index contributed by atoms with van der Waals surface area (Å²) in [6, 6.07) is 0. The molecule has 3 aliphatic rings. The molecule has 1 nitrogen and oxygen atoms in total. The van der Waals surface area contributed by atoms with Crippen molar-refractivity contribution in [2.24, 2.45) is 23.7 Å². The topological polar surface area (TPSA) is 20.2 Å². The van der Waals surface area contributed by atoms with Crippen molar-refractivity contribution in [1.29, 1.82) is 0 Å². The lowest BCUT2D eigenvalue weighted by Crippen LogP contribution is -2.49. The van der Waals surface area contributed by atoms with E-state index in [0.717, 1.165) is 23.7 Å². The molecule has 0 amide bonds. The van der Waals surface area contributed by atoms with Crippen LogP contribution in [0.3, 0.4) is 0 Å². The highest BCUT2D eigenvalue weighted by Gasteiger charge is 2.60. The average Bonchev–Trinajstić information content (AvgIpc) is 2.40. The van der Waals surface area contributed by atoms with Crippen LogP contribution in [0.15, 0.2) is 0 Å². The fourth-order valence-electron chi connectivity index (χ4n) is 3.42. The highest BCUT2D eigenvalue weighted by Crippen LogP contribution is 2.63. The van der Waals surface area contributed by atoms with Crippen LogP contribution < -0.4 is 0 Å². The molecule has 2 atom stereocenters. The van der Waals surface area contributed by atoms with Crippen LogP contribution >= 0.6 is 0 Å². The zero-order valence-electron chi connectivity index (χ0n) is 5.46. The van der Waals surface area contributed by atoms with Gasteiger partial charge in [-0.25, -0.2) is 0 Å². The number of hydrogen-bond acceptors (Lipinski definition) is 1. The molecule has 2 unspecified atom stereocenters. The van der Waals surface area contributed by atoms with E-state index >= 15 is 0 Å². The van der Waals surface area contributed by atoms with E-state index in [4.69, 9.17) is 0 Å². The number of aliphatic hydroxyl groups excluding tert-OH is 1. The maximum absolute atomic E-state index is 9.42. The molecule has 0 spiro atoms. The molecule has 0 aromatic heterocycles. The maximum Gasteiger partial charge on any atom is 0.0602 e. The molecule has 3 aliphatic carbocycles. The summed E-state index contributed by atoms with van der Waals surface area (Å²) in [4.78, 5) is 0. The molecule has 0 aliphatic heterocycles. The number of aliphatic hydroxyl groups is 1. The molecule has 0 radical (unpaired) electrons. The Morgan fingerprint density at radius 2 is 1.44 bits per heavy atom. The second-order valence-electron chi connectivity index (χ2n) is 4.06. The SMILES string of the molecule is OC1C2CC3CC1C2C3. The Labute approximate surface area is 55.1 Å². The molecule has 3 rings (SSSR count). The van der Waals surface area contributed by atoms with Crippen LogP contribution in [0.1, 0.15) is 19.3 Å². The van der Waals surface area contributed by atoms with Gasteiger partial charge in [0.1, 0.15) is 0 Å². The molecule has 0 aromatic carbocycles. The lowest BCUT2D eigenvalue weighted by molar-refractivity contribution is -0.0955. The molecule has 9 heavy (non-hydrogen) atoms. The van der Waals surface area contributed by atoms with Crippen LogP contribution in [0.25, 0.3) is 0 Å². The second kappa shape index (κ2) is 1.20. The van der Waals surface area contributed by atoms with Crippen LogP contribution in [0, 0.1) is 23.7 Å². The zero-order valence-corrected chi connectivity index (χ0v) is 5.46. The van der Waals surface area contributed by atoms with Crippen molar-refractivity contribution in [2.75, 3.05) is 0 Å². The van der Waals surface area contributed by atoms with Gasteiger partial charge in [0.15, 0.2) is 0 Å². The lowest BCUT2D eigenvalue weighted by Gasteiger charge is -2.47.